The van der Waals surface area contributed by atoms with Crippen molar-refractivity contribution in [1.29, 1.82) is 0 Å². The van der Waals surface area contributed by atoms with Crippen molar-refractivity contribution in [3.05, 3.63) is 47.9 Å². The van der Waals surface area contributed by atoms with Gasteiger partial charge in [0, 0.05) is 18.1 Å². The lowest BCUT2D eigenvalue weighted by molar-refractivity contribution is 0.00578. The maximum absolute atomic E-state index is 7.01. The summed E-state index contributed by atoms with van der Waals surface area (Å²) in [6, 6.07) is 10.2. The Labute approximate surface area is 192 Å². The van der Waals surface area contributed by atoms with Crippen LogP contribution in [0.15, 0.2) is 42.4 Å². The minimum Gasteiger partial charge on any atom is -0.417 e. The Hall–Kier alpha value is -0.918. The van der Waals surface area contributed by atoms with Crippen LogP contribution in [0, 0.1) is 5.92 Å². The molecule has 2 atom stereocenters. The largest absolute Gasteiger partial charge is 0.490 e. The van der Waals surface area contributed by atoms with E-state index in [-0.39, 0.29) is 11.0 Å². The van der Waals surface area contributed by atoms with Crippen molar-refractivity contribution in [2.45, 2.75) is 96.7 Å². The number of benzene rings is 1. The second-order valence-corrected chi connectivity index (χ2v) is 16.6. The van der Waals surface area contributed by atoms with Gasteiger partial charge in [-0.25, -0.2) is 0 Å². The quantitative estimate of drug-likeness (QED) is 0.493. The zero-order chi connectivity index (χ0) is 23.9. The standard InChI is InChI=1S/C25H44BNO3Si/c1-19(26-29-23(5,6)24(7,8)30-26)21(17-18-28-31(10,11)22(2,3)4)25(9,27)20-15-13-12-14-16-20/h12-16,21H,1,17-18,27H2,2-11H3/t21-,25-/m0/s1. The summed E-state index contributed by atoms with van der Waals surface area (Å²) < 4.78 is 19.2. The smallest absolute Gasteiger partial charge is 0.417 e. The summed E-state index contributed by atoms with van der Waals surface area (Å²) in [5, 5.41) is 0.163. The monoisotopic (exact) mass is 445 g/mol. The van der Waals surface area contributed by atoms with Crippen LogP contribution in [0.5, 0.6) is 0 Å². The molecule has 0 radical (unpaired) electrons. The van der Waals surface area contributed by atoms with Crippen LogP contribution in [-0.2, 0) is 19.3 Å². The zero-order valence-corrected chi connectivity index (χ0v) is 22.5. The SMILES string of the molecule is C=C(B1OC(C)(C)C(C)(C)O1)[C@H](CCO[Si](C)(C)C(C)(C)C)[C@@](C)(N)c1ccccc1. The molecule has 31 heavy (non-hydrogen) atoms. The first kappa shape index (κ1) is 26.3. The molecule has 0 bridgehead atoms. The van der Waals surface area contributed by atoms with E-state index >= 15 is 0 Å². The van der Waals surface area contributed by atoms with E-state index < -0.39 is 32.2 Å². The predicted molar refractivity (Wildman–Crippen MR) is 134 cm³/mol. The normalized spacial score (nSPS) is 21.6. The van der Waals surface area contributed by atoms with E-state index in [0.29, 0.717) is 6.61 Å². The molecule has 0 saturated carbocycles. The van der Waals surface area contributed by atoms with Gasteiger partial charge in [-0.2, -0.15) is 0 Å². The molecule has 0 spiro atoms. The fourth-order valence-corrected chi connectivity index (χ4v) is 4.74. The zero-order valence-electron chi connectivity index (χ0n) is 21.5. The molecule has 0 amide bonds. The number of rotatable bonds is 8. The third kappa shape index (κ3) is 5.53. The summed E-state index contributed by atoms with van der Waals surface area (Å²) in [5.74, 6) is -0.0608. The molecule has 1 saturated heterocycles. The highest BCUT2D eigenvalue weighted by molar-refractivity contribution is 6.74. The molecule has 174 valence electrons. The fraction of sp³-hybridized carbons (Fsp3) is 0.680. The Morgan fingerprint density at radius 3 is 2.00 bits per heavy atom. The van der Waals surface area contributed by atoms with Crippen molar-refractivity contribution in [2.75, 3.05) is 6.61 Å². The molecule has 4 nitrogen and oxygen atoms in total. The lowest BCUT2D eigenvalue weighted by Crippen LogP contribution is -2.47. The summed E-state index contributed by atoms with van der Waals surface area (Å²) in [7, 11) is -2.35. The van der Waals surface area contributed by atoms with Gasteiger partial charge in [-0.3, -0.25) is 0 Å². The van der Waals surface area contributed by atoms with E-state index in [9.17, 15) is 0 Å². The van der Waals surface area contributed by atoms with Gasteiger partial charge >= 0.3 is 7.12 Å². The van der Waals surface area contributed by atoms with E-state index in [2.05, 4.69) is 87.2 Å². The van der Waals surface area contributed by atoms with Crippen LogP contribution in [0.4, 0.5) is 0 Å². The van der Waals surface area contributed by atoms with Crippen LogP contribution in [0.2, 0.25) is 18.1 Å². The summed E-state index contributed by atoms with van der Waals surface area (Å²) >= 11 is 0. The number of hydrogen-bond acceptors (Lipinski definition) is 4. The molecule has 1 fully saturated rings. The van der Waals surface area contributed by atoms with Crippen molar-refractivity contribution < 1.29 is 13.7 Å². The molecule has 2 rings (SSSR count). The maximum atomic E-state index is 7.01. The molecule has 0 unspecified atom stereocenters. The summed E-state index contributed by atoms with van der Waals surface area (Å²) in [6.45, 7) is 26.8. The van der Waals surface area contributed by atoms with Crippen molar-refractivity contribution in [3.8, 4) is 0 Å². The summed E-state index contributed by atoms with van der Waals surface area (Å²) in [5.41, 5.74) is 7.50. The Kier molecular flexibility index (Phi) is 7.47. The summed E-state index contributed by atoms with van der Waals surface area (Å²) in [4.78, 5) is 0. The van der Waals surface area contributed by atoms with Crippen molar-refractivity contribution in [1.82, 2.24) is 0 Å². The van der Waals surface area contributed by atoms with E-state index in [1.165, 1.54) is 0 Å². The molecule has 0 aromatic heterocycles. The van der Waals surface area contributed by atoms with Crippen molar-refractivity contribution >= 4 is 15.4 Å². The first-order valence-corrected chi connectivity index (χ1v) is 14.4. The van der Waals surface area contributed by atoms with Crippen LogP contribution in [0.3, 0.4) is 0 Å². The first-order valence-electron chi connectivity index (χ1n) is 11.4. The third-order valence-corrected chi connectivity index (χ3v) is 12.3. The van der Waals surface area contributed by atoms with Gasteiger partial charge < -0.3 is 19.5 Å². The van der Waals surface area contributed by atoms with Gasteiger partial charge in [-0.05, 0) is 70.2 Å². The Balaban J connectivity index is 2.30. The summed E-state index contributed by atoms with van der Waals surface area (Å²) in [6.07, 6.45) is 0.761. The molecule has 0 aliphatic carbocycles. The van der Waals surface area contributed by atoms with Crippen LogP contribution in [0.1, 0.15) is 67.4 Å². The topological polar surface area (TPSA) is 53.7 Å². The number of nitrogens with two attached hydrogens (primary N) is 1. The molecule has 1 aliphatic rings. The molecule has 1 aromatic carbocycles. The molecular weight excluding hydrogens is 401 g/mol. The predicted octanol–water partition coefficient (Wildman–Crippen LogP) is 6.08. The van der Waals surface area contributed by atoms with E-state index in [0.717, 1.165) is 17.5 Å². The Morgan fingerprint density at radius 1 is 1.06 bits per heavy atom. The first-order chi connectivity index (χ1) is 13.9. The van der Waals surface area contributed by atoms with E-state index in [1.807, 2.05) is 18.2 Å². The van der Waals surface area contributed by atoms with Crippen LogP contribution >= 0.6 is 0 Å². The second kappa shape index (κ2) is 8.79. The Bertz CT molecular complexity index is 753. The highest BCUT2D eigenvalue weighted by atomic mass is 28.4. The van der Waals surface area contributed by atoms with Gasteiger partial charge in [0.1, 0.15) is 0 Å². The van der Waals surface area contributed by atoms with Gasteiger partial charge in [0.2, 0.25) is 0 Å². The second-order valence-electron chi connectivity index (χ2n) is 11.8. The van der Waals surface area contributed by atoms with Crippen LogP contribution < -0.4 is 5.73 Å². The van der Waals surface area contributed by atoms with Gasteiger partial charge in [-0.15, -0.1) is 6.58 Å². The van der Waals surface area contributed by atoms with Crippen LogP contribution in [0.25, 0.3) is 0 Å². The van der Waals surface area contributed by atoms with Gasteiger partial charge in [0.25, 0.3) is 0 Å². The fourth-order valence-electron chi connectivity index (χ4n) is 3.68. The molecule has 1 heterocycles. The highest BCUT2D eigenvalue weighted by Crippen LogP contribution is 2.43. The maximum Gasteiger partial charge on any atom is 0.490 e. The lowest BCUT2D eigenvalue weighted by atomic mass is 9.63. The molecule has 6 heteroatoms. The van der Waals surface area contributed by atoms with Crippen molar-refractivity contribution in [2.24, 2.45) is 11.7 Å². The highest BCUT2D eigenvalue weighted by Gasteiger charge is 2.54. The Morgan fingerprint density at radius 2 is 1.55 bits per heavy atom. The molecule has 2 N–H and O–H groups in total. The van der Waals surface area contributed by atoms with E-state index in [4.69, 9.17) is 19.5 Å². The van der Waals surface area contributed by atoms with Crippen molar-refractivity contribution in [3.63, 3.8) is 0 Å². The van der Waals surface area contributed by atoms with Crippen LogP contribution in [-0.4, -0.2) is 33.2 Å². The van der Waals surface area contributed by atoms with E-state index in [1.54, 1.807) is 0 Å². The minimum absolute atomic E-state index is 0.0608. The average molecular weight is 446 g/mol. The third-order valence-electron chi connectivity index (χ3n) is 7.80. The minimum atomic E-state index is -1.86. The van der Waals surface area contributed by atoms with Gasteiger partial charge in [0.05, 0.1) is 11.2 Å². The van der Waals surface area contributed by atoms with Gasteiger partial charge in [0.15, 0.2) is 8.32 Å². The number of hydrogen-bond donors (Lipinski definition) is 1. The molecule has 1 aromatic rings. The van der Waals surface area contributed by atoms with Gasteiger partial charge in [-0.1, -0.05) is 51.1 Å². The molecular formula is C25H44BNO3Si. The lowest BCUT2D eigenvalue weighted by Gasteiger charge is -2.39. The molecule has 1 aliphatic heterocycles. The average Bonchev–Trinajstić information content (AvgIpc) is 2.85.